The highest BCUT2D eigenvalue weighted by atomic mass is 35.5. The molecule has 246 valence electrons. The summed E-state index contributed by atoms with van der Waals surface area (Å²) in [6.45, 7) is 2.40. The van der Waals surface area contributed by atoms with E-state index < -0.39 is 47.2 Å². The minimum absolute atomic E-state index is 0.0152. The predicted octanol–water partition coefficient (Wildman–Crippen LogP) is 5.11. The van der Waals surface area contributed by atoms with Gasteiger partial charge >= 0.3 is 6.29 Å². The molecular weight excluding hydrogens is 657 g/mol. The van der Waals surface area contributed by atoms with E-state index in [0.29, 0.717) is 17.0 Å². The van der Waals surface area contributed by atoms with E-state index in [1.54, 1.807) is 13.0 Å². The smallest absolute Gasteiger partial charge is 0.489 e. The first-order valence-corrected chi connectivity index (χ1v) is 14.8. The fourth-order valence-electron chi connectivity index (χ4n) is 5.72. The summed E-state index contributed by atoms with van der Waals surface area (Å²) in [5.41, 5.74) is 3.11. The molecule has 2 aliphatic heterocycles. The van der Waals surface area contributed by atoms with Gasteiger partial charge in [-0.2, -0.15) is 0 Å². The number of alkyl halides is 2. The average Bonchev–Trinajstić information content (AvgIpc) is 3.70. The molecule has 2 atom stereocenters. The van der Waals surface area contributed by atoms with Crippen LogP contribution in [0.4, 0.5) is 13.2 Å². The van der Waals surface area contributed by atoms with Crippen LogP contribution >= 0.6 is 11.6 Å². The van der Waals surface area contributed by atoms with Gasteiger partial charge in [-0.25, -0.2) is 14.4 Å². The average molecular weight is 681 g/mol. The van der Waals surface area contributed by atoms with Gasteiger partial charge in [-0.1, -0.05) is 23.7 Å². The van der Waals surface area contributed by atoms with E-state index >= 15 is 0 Å². The number of carbonyl (C=O) groups is 2. The molecule has 3 aromatic carbocycles. The summed E-state index contributed by atoms with van der Waals surface area (Å²) in [5.74, 6) is -2.45. The number of aryl methyl sites for hydroxylation is 1. The fourth-order valence-corrected chi connectivity index (χ4v) is 6.01. The number of aliphatic hydroxyl groups is 1. The lowest BCUT2D eigenvalue weighted by Crippen LogP contribution is -2.43. The van der Waals surface area contributed by atoms with Gasteiger partial charge in [0, 0.05) is 23.6 Å². The van der Waals surface area contributed by atoms with Crippen molar-refractivity contribution in [2.75, 3.05) is 13.2 Å². The number of pyridine rings is 1. The molecule has 11 nitrogen and oxygen atoms in total. The van der Waals surface area contributed by atoms with Crippen molar-refractivity contribution in [3.63, 3.8) is 0 Å². The Labute approximate surface area is 274 Å². The molecule has 0 saturated heterocycles. The van der Waals surface area contributed by atoms with Crippen molar-refractivity contribution in [1.82, 2.24) is 15.3 Å². The fraction of sp³-hybridized carbons (Fsp3) is 0.212. The molecule has 5 aromatic rings. The van der Waals surface area contributed by atoms with Crippen molar-refractivity contribution in [2.45, 2.75) is 31.2 Å². The molecule has 2 amide bonds. The minimum atomic E-state index is -3.98. The van der Waals surface area contributed by atoms with Crippen LogP contribution in [-0.4, -0.2) is 46.3 Å². The number of halogens is 4. The normalized spacial score (nSPS) is 18.6. The SMILES string of the molecule is Cc1nc2ccc(C(=O)NC[C@@](O)(c3cccc(F)c3)c3cc4c(c(-c5ccc6c(c5Cl)OC(F)(F)O6)n3)OC[C@]4(C)C(N)=O)cc2o1. The van der Waals surface area contributed by atoms with Crippen molar-refractivity contribution in [1.29, 1.82) is 0 Å². The lowest BCUT2D eigenvalue weighted by molar-refractivity contribution is -0.286. The lowest BCUT2D eigenvalue weighted by atomic mass is 9.80. The van der Waals surface area contributed by atoms with Crippen LogP contribution in [0.25, 0.3) is 22.4 Å². The van der Waals surface area contributed by atoms with E-state index in [9.17, 15) is 27.9 Å². The van der Waals surface area contributed by atoms with Crippen LogP contribution in [0.5, 0.6) is 17.2 Å². The molecule has 2 aromatic heterocycles. The van der Waals surface area contributed by atoms with Gasteiger partial charge in [-0.15, -0.1) is 8.78 Å². The number of nitrogens with zero attached hydrogens (tertiary/aromatic N) is 2. The second-order valence-corrected chi connectivity index (χ2v) is 12.0. The Kier molecular flexibility index (Phi) is 7.07. The van der Waals surface area contributed by atoms with Crippen molar-refractivity contribution < 1.29 is 46.5 Å². The highest BCUT2D eigenvalue weighted by Crippen LogP contribution is 2.53. The van der Waals surface area contributed by atoms with Crippen molar-refractivity contribution in [3.8, 4) is 28.5 Å². The summed E-state index contributed by atoms with van der Waals surface area (Å²) in [6, 6.07) is 13.5. The number of benzene rings is 3. The van der Waals surface area contributed by atoms with Crippen LogP contribution in [0.3, 0.4) is 0 Å². The standard InChI is InChI=1S/C33H24ClF3N4O7/c1-15-40-21-8-6-16(10-23(21)46-15)29(42)39-13-32(44,17-4-3-5-18(35)11-17)24-12-20-27(45-14-31(20,2)30(38)43)26(41-24)19-7-9-22-28(25(19)34)48-33(36,37)47-22/h3-12,44H,13-14H2,1-2H3,(H2,38,43)(H,39,42)/t31-,32+/m0/s1. The van der Waals surface area contributed by atoms with E-state index in [2.05, 4.69) is 24.8 Å². The molecule has 0 saturated carbocycles. The van der Waals surface area contributed by atoms with Crippen LogP contribution in [-0.2, 0) is 15.8 Å². The monoisotopic (exact) mass is 680 g/mol. The Bertz CT molecular complexity index is 2180. The van der Waals surface area contributed by atoms with E-state index in [1.165, 1.54) is 55.5 Å². The highest BCUT2D eigenvalue weighted by Gasteiger charge is 2.48. The molecule has 4 heterocycles. The second kappa shape index (κ2) is 10.9. The Balaban J connectivity index is 1.38. The number of carbonyl (C=O) groups excluding carboxylic acids is 2. The van der Waals surface area contributed by atoms with Gasteiger partial charge in [-0.3, -0.25) is 9.59 Å². The number of nitrogens with two attached hydrogens (primary N) is 1. The third-order valence-corrected chi connectivity index (χ3v) is 8.75. The van der Waals surface area contributed by atoms with Crippen LogP contribution in [0.1, 0.15) is 40.0 Å². The number of fused-ring (bicyclic) bond motifs is 3. The Morgan fingerprint density at radius 1 is 1.08 bits per heavy atom. The third-order valence-electron chi connectivity index (χ3n) is 8.37. The van der Waals surface area contributed by atoms with Crippen LogP contribution < -0.4 is 25.3 Å². The topological polar surface area (TPSA) is 159 Å². The Morgan fingerprint density at radius 2 is 1.88 bits per heavy atom. The van der Waals surface area contributed by atoms with Gasteiger partial charge in [0.1, 0.15) is 40.4 Å². The number of oxazole rings is 1. The maximum atomic E-state index is 14.6. The number of amides is 2. The third kappa shape index (κ3) is 5.04. The molecule has 0 radical (unpaired) electrons. The van der Waals surface area contributed by atoms with Crippen LogP contribution in [0, 0.1) is 12.7 Å². The molecule has 15 heteroatoms. The van der Waals surface area contributed by atoms with Crippen LogP contribution in [0.15, 0.2) is 65.1 Å². The summed E-state index contributed by atoms with van der Waals surface area (Å²) >= 11 is 6.56. The van der Waals surface area contributed by atoms with Gasteiger partial charge in [-0.05, 0) is 61.0 Å². The zero-order valence-corrected chi connectivity index (χ0v) is 25.8. The number of aromatic nitrogens is 2. The first-order chi connectivity index (χ1) is 22.7. The van der Waals surface area contributed by atoms with Crippen molar-refractivity contribution in [3.05, 3.63) is 99.8 Å². The first kappa shape index (κ1) is 31.3. The summed E-state index contributed by atoms with van der Waals surface area (Å²) in [5, 5.41) is 14.8. The number of hydrogen-bond donors (Lipinski definition) is 3. The van der Waals surface area contributed by atoms with E-state index in [0.717, 1.165) is 6.07 Å². The quantitative estimate of drug-likeness (QED) is 0.212. The summed E-state index contributed by atoms with van der Waals surface area (Å²) in [7, 11) is 0. The number of rotatable bonds is 7. The van der Waals surface area contributed by atoms with Gasteiger partial charge in [0.15, 0.2) is 23.0 Å². The van der Waals surface area contributed by atoms with E-state index in [4.69, 9.17) is 26.5 Å². The molecular formula is C33H24ClF3N4O7. The van der Waals surface area contributed by atoms with Gasteiger partial charge in [0.05, 0.1) is 17.3 Å². The summed E-state index contributed by atoms with van der Waals surface area (Å²) < 4.78 is 63.1. The van der Waals surface area contributed by atoms with Gasteiger partial charge < -0.3 is 34.8 Å². The van der Waals surface area contributed by atoms with Gasteiger partial charge in [0.2, 0.25) is 5.91 Å². The molecule has 48 heavy (non-hydrogen) atoms. The summed E-state index contributed by atoms with van der Waals surface area (Å²) in [6.07, 6.45) is -3.98. The van der Waals surface area contributed by atoms with E-state index in [-0.39, 0.29) is 56.8 Å². The van der Waals surface area contributed by atoms with Crippen molar-refractivity contribution in [2.24, 2.45) is 5.73 Å². The second-order valence-electron chi connectivity index (χ2n) is 11.6. The van der Waals surface area contributed by atoms with Crippen LogP contribution in [0.2, 0.25) is 5.02 Å². The maximum Gasteiger partial charge on any atom is 0.586 e. The first-order valence-electron chi connectivity index (χ1n) is 14.4. The number of hydrogen-bond acceptors (Lipinski definition) is 9. The Morgan fingerprint density at radius 3 is 2.62 bits per heavy atom. The molecule has 2 aliphatic rings. The number of primary amides is 1. The van der Waals surface area contributed by atoms with E-state index in [1.807, 2.05) is 0 Å². The highest BCUT2D eigenvalue weighted by molar-refractivity contribution is 6.35. The summed E-state index contributed by atoms with van der Waals surface area (Å²) in [4.78, 5) is 35.0. The molecule has 4 N–H and O–H groups in total. The van der Waals surface area contributed by atoms with Crippen molar-refractivity contribution >= 4 is 34.5 Å². The molecule has 0 spiro atoms. The Hall–Kier alpha value is -5.34. The predicted molar refractivity (Wildman–Crippen MR) is 163 cm³/mol. The molecule has 0 aliphatic carbocycles. The largest absolute Gasteiger partial charge is 0.586 e. The molecule has 0 bridgehead atoms. The molecule has 0 unspecified atom stereocenters. The maximum absolute atomic E-state index is 14.6. The minimum Gasteiger partial charge on any atom is -0.489 e. The van der Waals surface area contributed by atoms with Gasteiger partial charge in [0.25, 0.3) is 5.91 Å². The zero-order chi connectivity index (χ0) is 34.2. The number of ether oxygens (including phenoxy) is 3. The number of nitrogens with one attached hydrogen (secondary N) is 1. The lowest BCUT2D eigenvalue weighted by Gasteiger charge is -2.30. The molecule has 7 rings (SSSR count). The zero-order valence-electron chi connectivity index (χ0n) is 25.1. The molecule has 0 fully saturated rings.